The molecule has 0 aliphatic rings. The van der Waals surface area contributed by atoms with Crippen LogP contribution >= 0.6 is 11.6 Å². The summed E-state index contributed by atoms with van der Waals surface area (Å²) in [6.07, 6.45) is 1.74. The van der Waals surface area contributed by atoms with Gasteiger partial charge in [0, 0.05) is 11.0 Å². The third-order valence-corrected chi connectivity index (χ3v) is 3.40. The number of halogens is 1. The van der Waals surface area contributed by atoms with Gasteiger partial charge in [-0.1, -0.05) is 32.4 Å². The summed E-state index contributed by atoms with van der Waals surface area (Å²) in [5, 5.41) is 0.558. The zero-order valence-electron chi connectivity index (χ0n) is 13.6. The molecule has 2 aromatic rings. The fourth-order valence-corrected chi connectivity index (χ4v) is 2.32. The van der Waals surface area contributed by atoms with Crippen molar-refractivity contribution in [3.63, 3.8) is 0 Å². The van der Waals surface area contributed by atoms with Crippen LogP contribution in [0.3, 0.4) is 0 Å². The van der Waals surface area contributed by atoms with E-state index in [1.165, 1.54) is 0 Å². The number of nitrogen functional groups attached to an aromatic ring is 1. The second-order valence-electron chi connectivity index (χ2n) is 6.55. The quantitative estimate of drug-likeness (QED) is 0.907. The highest BCUT2D eigenvalue weighted by Crippen LogP contribution is 2.32. The number of nitrogens with zero attached hydrogens (tertiary/aromatic N) is 2. The van der Waals surface area contributed by atoms with Crippen molar-refractivity contribution in [1.29, 1.82) is 0 Å². The summed E-state index contributed by atoms with van der Waals surface area (Å²) in [6, 6.07) is 5.62. The highest BCUT2D eigenvalue weighted by atomic mass is 35.5. The molecular formula is C17H22ClN3O. The van der Waals surface area contributed by atoms with Crippen molar-refractivity contribution in [2.45, 2.75) is 46.1 Å². The molecule has 1 heterocycles. The van der Waals surface area contributed by atoms with Gasteiger partial charge >= 0.3 is 0 Å². The van der Waals surface area contributed by atoms with Crippen LogP contribution in [0.5, 0.6) is 5.75 Å². The Bertz CT molecular complexity index is 678. The van der Waals surface area contributed by atoms with Crippen molar-refractivity contribution < 1.29 is 4.74 Å². The molecule has 0 amide bonds. The lowest BCUT2D eigenvalue weighted by atomic mass is 9.91. The van der Waals surface area contributed by atoms with Crippen LogP contribution in [-0.4, -0.2) is 16.1 Å². The minimum atomic E-state index is -0.169. The van der Waals surface area contributed by atoms with E-state index in [1.807, 2.05) is 32.0 Å². The van der Waals surface area contributed by atoms with Crippen LogP contribution in [0, 0.1) is 0 Å². The Labute approximate surface area is 136 Å². The van der Waals surface area contributed by atoms with Gasteiger partial charge in [0.25, 0.3) is 0 Å². The second kappa shape index (κ2) is 6.13. The number of ether oxygens (including phenoxy) is 1. The van der Waals surface area contributed by atoms with Crippen molar-refractivity contribution in [2.75, 3.05) is 5.73 Å². The number of nitrogens with two attached hydrogens (primary N) is 1. The van der Waals surface area contributed by atoms with Crippen molar-refractivity contribution in [3.8, 4) is 17.0 Å². The van der Waals surface area contributed by atoms with Crippen molar-refractivity contribution in [3.05, 3.63) is 35.1 Å². The van der Waals surface area contributed by atoms with Crippen LogP contribution in [-0.2, 0) is 5.41 Å². The summed E-state index contributed by atoms with van der Waals surface area (Å²) < 4.78 is 5.64. The third-order valence-electron chi connectivity index (χ3n) is 3.10. The van der Waals surface area contributed by atoms with Crippen molar-refractivity contribution >= 4 is 17.4 Å². The SMILES string of the molecule is CC(C)Oc1ccc(-c2cnc(N)c(C(C)(C)C)n2)cc1Cl. The Morgan fingerprint density at radius 2 is 1.91 bits per heavy atom. The average molecular weight is 320 g/mol. The van der Waals surface area contributed by atoms with Crippen LogP contribution in [0.25, 0.3) is 11.3 Å². The first-order valence-electron chi connectivity index (χ1n) is 7.28. The number of anilines is 1. The molecule has 0 radical (unpaired) electrons. The number of hydrogen-bond acceptors (Lipinski definition) is 4. The predicted molar refractivity (Wildman–Crippen MR) is 91.4 cm³/mol. The summed E-state index contributed by atoms with van der Waals surface area (Å²) in [7, 11) is 0. The van der Waals surface area contributed by atoms with E-state index in [4.69, 9.17) is 22.1 Å². The molecular weight excluding hydrogens is 298 g/mol. The van der Waals surface area contributed by atoms with E-state index in [0.29, 0.717) is 16.6 Å². The fourth-order valence-electron chi connectivity index (χ4n) is 2.10. The Morgan fingerprint density at radius 1 is 1.23 bits per heavy atom. The van der Waals surface area contributed by atoms with Gasteiger partial charge in [0.2, 0.25) is 0 Å². The van der Waals surface area contributed by atoms with Crippen molar-refractivity contribution in [1.82, 2.24) is 9.97 Å². The molecule has 0 fully saturated rings. The number of aromatic nitrogens is 2. The van der Waals surface area contributed by atoms with Crippen LogP contribution in [0.15, 0.2) is 24.4 Å². The predicted octanol–water partition coefficient (Wildman–Crippen LogP) is 4.46. The fraction of sp³-hybridized carbons (Fsp3) is 0.412. The van der Waals surface area contributed by atoms with E-state index >= 15 is 0 Å². The third kappa shape index (κ3) is 3.69. The second-order valence-corrected chi connectivity index (χ2v) is 6.96. The molecule has 22 heavy (non-hydrogen) atoms. The molecule has 0 atom stereocenters. The molecule has 5 heteroatoms. The lowest BCUT2D eigenvalue weighted by Crippen LogP contribution is -2.17. The van der Waals surface area contributed by atoms with Gasteiger partial charge in [-0.25, -0.2) is 9.97 Å². The minimum absolute atomic E-state index is 0.0761. The lowest BCUT2D eigenvalue weighted by molar-refractivity contribution is 0.242. The Kier molecular flexibility index (Phi) is 4.61. The van der Waals surface area contributed by atoms with Crippen LogP contribution in [0.4, 0.5) is 5.82 Å². The number of benzene rings is 1. The van der Waals surface area contributed by atoms with Crippen LogP contribution in [0.2, 0.25) is 5.02 Å². The van der Waals surface area contributed by atoms with Gasteiger partial charge in [0.1, 0.15) is 11.6 Å². The van der Waals surface area contributed by atoms with Gasteiger partial charge in [0.15, 0.2) is 0 Å². The largest absolute Gasteiger partial charge is 0.489 e. The Morgan fingerprint density at radius 3 is 2.45 bits per heavy atom. The van der Waals surface area contributed by atoms with E-state index in [1.54, 1.807) is 6.20 Å². The first-order chi connectivity index (χ1) is 10.2. The molecule has 118 valence electrons. The molecule has 0 aliphatic carbocycles. The summed E-state index contributed by atoms with van der Waals surface area (Å²) >= 11 is 6.29. The van der Waals surface area contributed by atoms with Gasteiger partial charge in [0.05, 0.1) is 28.7 Å². The molecule has 0 saturated carbocycles. The highest BCUT2D eigenvalue weighted by molar-refractivity contribution is 6.32. The number of hydrogen-bond donors (Lipinski definition) is 1. The van der Waals surface area contributed by atoms with Gasteiger partial charge in [-0.2, -0.15) is 0 Å². The van der Waals surface area contributed by atoms with Gasteiger partial charge in [-0.05, 0) is 32.0 Å². The normalized spacial score (nSPS) is 11.8. The van der Waals surface area contributed by atoms with E-state index in [0.717, 1.165) is 17.0 Å². The topological polar surface area (TPSA) is 61.0 Å². The Balaban J connectivity index is 2.43. The van der Waals surface area contributed by atoms with Crippen molar-refractivity contribution in [2.24, 2.45) is 0 Å². The first-order valence-corrected chi connectivity index (χ1v) is 7.66. The zero-order valence-corrected chi connectivity index (χ0v) is 14.4. The molecule has 0 spiro atoms. The van der Waals surface area contributed by atoms with Gasteiger partial charge < -0.3 is 10.5 Å². The molecule has 0 saturated heterocycles. The maximum absolute atomic E-state index is 6.29. The van der Waals surface area contributed by atoms with Crippen LogP contribution < -0.4 is 10.5 Å². The summed E-state index contributed by atoms with van der Waals surface area (Å²) in [5.74, 6) is 1.13. The van der Waals surface area contributed by atoms with Gasteiger partial charge in [-0.15, -0.1) is 0 Å². The molecule has 2 rings (SSSR count). The van der Waals surface area contributed by atoms with Gasteiger partial charge in [-0.3, -0.25) is 0 Å². The molecule has 2 N–H and O–H groups in total. The van der Waals surface area contributed by atoms with Crippen LogP contribution in [0.1, 0.15) is 40.3 Å². The number of rotatable bonds is 3. The summed E-state index contributed by atoms with van der Waals surface area (Å²) in [5.41, 5.74) is 8.19. The maximum atomic E-state index is 6.29. The monoisotopic (exact) mass is 319 g/mol. The molecule has 1 aromatic carbocycles. The minimum Gasteiger partial charge on any atom is -0.489 e. The summed E-state index contributed by atoms with van der Waals surface area (Å²) in [6.45, 7) is 10.1. The molecule has 0 bridgehead atoms. The first kappa shape index (κ1) is 16.6. The van der Waals surface area contributed by atoms with E-state index < -0.39 is 0 Å². The smallest absolute Gasteiger partial charge is 0.145 e. The van der Waals surface area contributed by atoms with E-state index in [-0.39, 0.29) is 11.5 Å². The highest BCUT2D eigenvalue weighted by Gasteiger charge is 2.20. The molecule has 0 aliphatic heterocycles. The standard InChI is InChI=1S/C17H22ClN3O/c1-10(2)22-14-7-6-11(8-12(14)18)13-9-20-16(19)15(21-13)17(3,4)5/h6-10H,1-5H3,(H2,19,20). The van der Waals surface area contributed by atoms with E-state index in [9.17, 15) is 0 Å². The summed E-state index contributed by atoms with van der Waals surface area (Å²) in [4.78, 5) is 8.92. The average Bonchev–Trinajstić information content (AvgIpc) is 2.40. The lowest BCUT2D eigenvalue weighted by Gasteiger charge is -2.20. The van der Waals surface area contributed by atoms with E-state index in [2.05, 4.69) is 30.7 Å². The Hall–Kier alpha value is -1.81. The molecule has 1 aromatic heterocycles. The molecule has 4 nitrogen and oxygen atoms in total. The molecule has 0 unspecified atom stereocenters. The maximum Gasteiger partial charge on any atom is 0.145 e. The zero-order chi connectivity index (χ0) is 16.5.